The van der Waals surface area contributed by atoms with Crippen molar-refractivity contribution in [2.45, 2.75) is 35.1 Å². The SMILES string of the molecule is Cc1ccc2c(c1)C1(c3ccccc3Oc3ccccc31)c1ccccc1N2C1CC(I)C1. The third kappa shape index (κ3) is 2.60. The number of benzene rings is 4. The summed E-state index contributed by atoms with van der Waals surface area (Å²) in [4.78, 5) is 2.63. The molecule has 3 heteroatoms. The molecule has 2 nitrogen and oxygen atoms in total. The van der Waals surface area contributed by atoms with E-state index in [0.717, 1.165) is 15.4 Å². The second-order valence-electron chi connectivity index (χ2n) is 9.47. The van der Waals surface area contributed by atoms with Crippen molar-refractivity contribution >= 4 is 34.0 Å². The van der Waals surface area contributed by atoms with Crippen LogP contribution in [0.5, 0.6) is 11.5 Å². The normalized spacial score (nSPS) is 21.2. The molecule has 2 heterocycles. The molecule has 4 aromatic rings. The Hall–Kier alpha value is -2.79. The first-order chi connectivity index (χ1) is 16.2. The topological polar surface area (TPSA) is 12.5 Å². The Kier molecular flexibility index (Phi) is 4.23. The number of nitrogens with zero attached hydrogens (tertiary/aromatic N) is 1. The maximum Gasteiger partial charge on any atom is 0.132 e. The molecule has 0 aromatic heterocycles. The van der Waals surface area contributed by atoms with Crippen molar-refractivity contribution in [3.8, 4) is 11.5 Å². The minimum absolute atomic E-state index is 0.409. The minimum Gasteiger partial charge on any atom is -0.457 e. The van der Waals surface area contributed by atoms with E-state index in [1.54, 1.807) is 0 Å². The Labute approximate surface area is 208 Å². The Bertz CT molecular complexity index is 1360. The Balaban J connectivity index is 1.64. The fourth-order valence-electron chi connectivity index (χ4n) is 6.14. The molecule has 1 saturated carbocycles. The van der Waals surface area contributed by atoms with Crippen molar-refractivity contribution in [1.82, 2.24) is 0 Å². The number of fused-ring (bicyclic) bond motifs is 8. The third-order valence-electron chi connectivity index (χ3n) is 7.61. The van der Waals surface area contributed by atoms with Crippen molar-refractivity contribution in [3.63, 3.8) is 0 Å². The summed E-state index contributed by atoms with van der Waals surface area (Å²) in [7, 11) is 0. The molecule has 1 fully saturated rings. The van der Waals surface area contributed by atoms with Gasteiger partial charge in [0.2, 0.25) is 0 Å². The lowest BCUT2D eigenvalue weighted by molar-refractivity contribution is 0.420. The highest BCUT2D eigenvalue weighted by atomic mass is 127. The van der Waals surface area contributed by atoms with Crippen LogP contribution in [0, 0.1) is 6.92 Å². The second-order valence-corrected chi connectivity index (χ2v) is 11.2. The van der Waals surface area contributed by atoms with Gasteiger partial charge in [-0.1, -0.05) is 94.9 Å². The molecular weight excluding hydrogens is 517 g/mol. The van der Waals surface area contributed by atoms with E-state index in [0.29, 0.717) is 6.04 Å². The molecular formula is C30H24INO. The van der Waals surface area contributed by atoms with Crippen LogP contribution in [0.4, 0.5) is 11.4 Å². The highest BCUT2D eigenvalue weighted by molar-refractivity contribution is 14.1. The first-order valence-corrected chi connectivity index (χ1v) is 12.9. The number of rotatable bonds is 1. The predicted molar refractivity (Wildman–Crippen MR) is 143 cm³/mol. The van der Waals surface area contributed by atoms with Crippen molar-refractivity contribution in [2.75, 3.05) is 4.90 Å². The molecule has 162 valence electrons. The molecule has 1 aliphatic carbocycles. The Morgan fingerprint density at radius 3 is 1.97 bits per heavy atom. The number of anilines is 2. The average molecular weight is 541 g/mol. The van der Waals surface area contributed by atoms with Gasteiger partial charge in [0.05, 0.1) is 5.41 Å². The average Bonchev–Trinajstić information content (AvgIpc) is 2.83. The molecule has 4 aromatic carbocycles. The fraction of sp³-hybridized carbons (Fsp3) is 0.200. The highest BCUT2D eigenvalue weighted by Crippen LogP contribution is 2.62. The summed E-state index contributed by atoms with van der Waals surface area (Å²) < 4.78 is 7.23. The number of halogens is 1. The number of aryl methyl sites for hydroxylation is 1. The van der Waals surface area contributed by atoms with E-state index in [1.807, 2.05) is 0 Å². The van der Waals surface area contributed by atoms with Crippen molar-refractivity contribution in [2.24, 2.45) is 0 Å². The second kappa shape index (κ2) is 7.10. The van der Waals surface area contributed by atoms with E-state index in [1.165, 1.54) is 52.0 Å². The standard InChI is InChI=1S/C30H24INO/c1-19-14-15-27-25(16-19)30(22-8-2-5-11-26(22)32(27)21-17-20(31)18-21)23-9-3-6-12-28(23)33-29-13-7-4-10-24(29)30/h2-16,20-21H,17-18H2,1H3. The van der Waals surface area contributed by atoms with Crippen LogP contribution >= 0.6 is 22.6 Å². The van der Waals surface area contributed by atoms with Gasteiger partial charge < -0.3 is 9.64 Å². The lowest BCUT2D eigenvalue weighted by Crippen LogP contribution is -2.48. The van der Waals surface area contributed by atoms with Gasteiger partial charge in [-0.05, 0) is 55.2 Å². The van der Waals surface area contributed by atoms with Crippen LogP contribution in [0.2, 0.25) is 0 Å². The Morgan fingerprint density at radius 1 is 0.727 bits per heavy atom. The van der Waals surface area contributed by atoms with Crippen LogP contribution in [0.1, 0.15) is 40.7 Å². The zero-order valence-electron chi connectivity index (χ0n) is 18.5. The van der Waals surface area contributed by atoms with Crippen molar-refractivity contribution in [3.05, 3.63) is 119 Å². The van der Waals surface area contributed by atoms with Gasteiger partial charge in [0.1, 0.15) is 11.5 Å². The van der Waals surface area contributed by atoms with Gasteiger partial charge >= 0.3 is 0 Å². The number of hydrogen-bond acceptors (Lipinski definition) is 2. The molecule has 2 aliphatic heterocycles. The van der Waals surface area contributed by atoms with Crippen LogP contribution in [0.3, 0.4) is 0 Å². The number of hydrogen-bond donors (Lipinski definition) is 0. The predicted octanol–water partition coefficient (Wildman–Crippen LogP) is 7.90. The summed E-state index contributed by atoms with van der Waals surface area (Å²) in [5.41, 5.74) is 8.70. The van der Waals surface area contributed by atoms with Crippen molar-refractivity contribution in [1.29, 1.82) is 0 Å². The van der Waals surface area contributed by atoms with Crippen molar-refractivity contribution < 1.29 is 4.74 Å². The van der Waals surface area contributed by atoms with Gasteiger partial charge in [-0.15, -0.1) is 0 Å². The quantitative estimate of drug-likeness (QED) is 0.158. The summed E-state index contributed by atoms with van der Waals surface area (Å²) in [6, 6.07) is 33.8. The summed E-state index contributed by atoms with van der Waals surface area (Å²) in [6.07, 6.45) is 2.46. The fourth-order valence-corrected chi connectivity index (χ4v) is 7.31. The molecule has 0 atom stereocenters. The third-order valence-corrected chi connectivity index (χ3v) is 8.62. The Morgan fingerprint density at radius 2 is 1.30 bits per heavy atom. The maximum atomic E-state index is 6.47. The first kappa shape index (κ1) is 19.7. The van der Waals surface area contributed by atoms with E-state index < -0.39 is 5.41 Å². The molecule has 0 saturated heterocycles. The van der Waals surface area contributed by atoms with Gasteiger partial charge in [0.15, 0.2) is 0 Å². The first-order valence-electron chi connectivity index (χ1n) is 11.7. The highest BCUT2D eigenvalue weighted by Gasteiger charge is 2.52. The summed E-state index contributed by atoms with van der Waals surface area (Å²) >= 11 is 2.60. The van der Waals surface area contributed by atoms with Gasteiger partial charge in [0.25, 0.3) is 0 Å². The molecule has 1 spiro atoms. The molecule has 0 bridgehead atoms. The van der Waals surface area contributed by atoms with E-state index in [2.05, 4.69) is 125 Å². The van der Waals surface area contributed by atoms with Gasteiger partial charge in [-0.25, -0.2) is 0 Å². The zero-order valence-corrected chi connectivity index (χ0v) is 20.6. The van der Waals surface area contributed by atoms with Crippen LogP contribution in [0.15, 0.2) is 91.0 Å². The number of ether oxygens (including phenoxy) is 1. The molecule has 7 rings (SSSR count). The van der Waals surface area contributed by atoms with Crippen LogP contribution in [-0.2, 0) is 5.41 Å². The monoisotopic (exact) mass is 541 g/mol. The molecule has 0 radical (unpaired) electrons. The number of alkyl halides is 1. The van der Waals surface area contributed by atoms with Crippen LogP contribution in [-0.4, -0.2) is 9.97 Å². The van der Waals surface area contributed by atoms with Gasteiger partial charge in [0, 0.05) is 32.5 Å². The smallest absolute Gasteiger partial charge is 0.132 e. The van der Waals surface area contributed by atoms with E-state index in [4.69, 9.17) is 4.74 Å². The molecule has 0 unspecified atom stereocenters. The van der Waals surface area contributed by atoms with Crippen LogP contribution < -0.4 is 9.64 Å². The van der Waals surface area contributed by atoms with Crippen LogP contribution in [0.25, 0.3) is 0 Å². The largest absolute Gasteiger partial charge is 0.457 e. The van der Waals surface area contributed by atoms with E-state index in [-0.39, 0.29) is 0 Å². The summed E-state index contributed by atoms with van der Waals surface area (Å²) in [5, 5.41) is 0. The number of para-hydroxylation sites is 3. The molecule has 33 heavy (non-hydrogen) atoms. The molecule has 0 N–H and O–H groups in total. The summed E-state index contributed by atoms with van der Waals surface area (Å²) in [6.45, 7) is 2.21. The van der Waals surface area contributed by atoms with Gasteiger partial charge in [-0.3, -0.25) is 0 Å². The molecule has 0 amide bonds. The summed E-state index contributed by atoms with van der Waals surface area (Å²) in [5.74, 6) is 1.89. The van der Waals surface area contributed by atoms with E-state index >= 15 is 0 Å². The lowest BCUT2D eigenvalue weighted by Gasteiger charge is -2.52. The maximum absolute atomic E-state index is 6.47. The van der Waals surface area contributed by atoms with Gasteiger partial charge in [-0.2, -0.15) is 0 Å². The zero-order chi connectivity index (χ0) is 22.2. The molecule has 3 aliphatic rings. The van der Waals surface area contributed by atoms with E-state index in [9.17, 15) is 0 Å². The minimum atomic E-state index is -0.409. The lowest BCUT2D eigenvalue weighted by atomic mass is 9.60.